The summed E-state index contributed by atoms with van der Waals surface area (Å²) in [5, 5.41) is 0. The zero-order chi connectivity index (χ0) is 16.1. The van der Waals surface area contributed by atoms with E-state index >= 15 is 0 Å². The summed E-state index contributed by atoms with van der Waals surface area (Å²) in [6, 6.07) is 0. The fraction of sp³-hybridized carbons (Fsp3) is 1.00. The fourth-order valence-corrected chi connectivity index (χ4v) is 1.66. The Morgan fingerprint density at radius 2 is 1.10 bits per heavy atom. The second-order valence-corrected chi connectivity index (χ2v) is 6.10. The van der Waals surface area contributed by atoms with E-state index in [2.05, 4.69) is 15.3 Å². The third-order valence-electron chi connectivity index (χ3n) is 1.96. The third-order valence-corrected chi connectivity index (χ3v) is 2.89. The molecule has 0 aliphatic rings. The molecule has 0 aliphatic carbocycles. The van der Waals surface area contributed by atoms with E-state index in [1.807, 2.05) is 6.92 Å². The lowest BCUT2D eigenvalue weighted by Gasteiger charge is -1.98. The van der Waals surface area contributed by atoms with Crippen LogP contribution < -0.4 is 0 Å². The second kappa shape index (κ2) is 12.5. The largest absolute Gasteiger partial charge is 0.397 e. The van der Waals surface area contributed by atoms with E-state index in [1.165, 1.54) is 0 Å². The summed E-state index contributed by atoms with van der Waals surface area (Å²) in [7, 11) is -8.41. The lowest BCUT2D eigenvalue weighted by atomic mass is 10.2. The maximum atomic E-state index is 10.00. The van der Waals surface area contributed by atoms with Crippen molar-refractivity contribution < 1.29 is 34.3 Å². The van der Waals surface area contributed by atoms with E-state index in [4.69, 9.17) is 9.11 Å². The van der Waals surface area contributed by atoms with E-state index in [1.54, 1.807) is 0 Å². The summed E-state index contributed by atoms with van der Waals surface area (Å²) in [5.41, 5.74) is 0. The van der Waals surface area contributed by atoms with Crippen molar-refractivity contribution in [3.05, 3.63) is 0 Å². The summed E-state index contributed by atoms with van der Waals surface area (Å²) in [4.78, 5) is 0. The molecular weight excluding hydrogens is 312 g/mol. The molecule has 0 saturated carbocycles. The Morgan fingerprint density at radius 3 is 1.45 bits per heavy atom. The lowest BCUT2D eigenvalue weighted by Crippen LogP contribution is -2.04. The monoisotopic (exact) mass is 336 g/mol. The van der Waals surface area contributed by atoms with Gasteiger partial charge in [0.25, 0.3) is 0 Å². The van der Waals surface area contributed by atoms with Crippen molar-refractivity contribution >= 4 is 20.8 Å². The molecule has 0 aliphatic heterocycles. The molecule has 0 atom stereocenters. The summed E-state index contributed by atoms with van der Waals surface area (Å²) in [6.07, 6.45) is 5.25. The van der Waals surface area contributed by atoms with Crippen LogP contribution in [0.1, 0.15) is 52.4 Å². The first-order valence-electron chi connectivity index (χ1n) is 6.36. The van der Waals surface area contributed by atoms with E-state index < -0.39 is 20.8 Å². The van der Waals surface area contributed by atoms with Crippen molar-refractivity contribution in [2.45, 2.75) is 52.4 Å². The van der Waals surface area contributed by atoms with Gasteiger partial charge in [-0.2, -0.15) is 16.8 Å². The molecule has 0 radical (unpaired) electrons. The minimum atomic E-state index is -4.21. The van der Waals surface area contributed by atoms with Gasteiger partial charge in [0.05, 0.1) is 13.2 Å². The summed E-state index contributed by atoms with van der Waals surface area (Å²) in [6.45, 7) is 4.10. The van der Waals surface area contributed by atoms with Gasteiger partial charge in [-0.05, 0) is 12.8 Å². The van der Waals surface area contributed by atoms with Crippen LogP contribution in [0.25, 0.3) is 0 Å². The topological polar surface area (TPSA) is 127 Å². The first-order valence-corrected chi connectivity index (χ1v) is 9.09. The van der Waals surface area contributed by atoms with E-state index in [-0.39, 0.29) is 13.2 Å². The molecule has 0 aromatic rings. The van der Waals surface area contributed by atoms with Gasteiger partial charge in [-0.25, -0.2) is 8.37 Å². The van der Waals surface area contributed by atoms with Crippen molar-refractivity contribution in [3.63, 3.8) is 0 Å². The summed E-state index contributed by atoms with van der Waals surface area (Å²) < 4.78 is 63.9. The molecule has 0 spiro atoms. The van der Waals surface area contributed by atoms with E-state index in [9.17, 15) is 16.8 Å². The van der Waals surface area contributed by atoms with Gasteiger partial charge in [-0.15, -0.1) is 0 Å². The third kappa shape index (κ3) is 26.3. The Balaban J connectivity index is 0. The van der Waals surface area contributed by atoms with Gasteiger partial charge < -0.3 is 0 Å². The summed E-state index contributed by atoms with van der Waals surface area (Å²) >= 11 is 0. The predicted octanol–water partition coefficient (Wildman–Crippen LogP) is 1.99. The average Bonchev–Trinajstić information content (AvgIpc) is 2.27. The van der Waals surface area contributed by atoms with Crippen molar-refractivity contribution in [1.29, 1.82) is 0 Å². The van der Waals surface area contributed by atoms with Crippen molar-refractivity contribution in [2.75, 3.05) is 13.2 Å². The highest BCUT2D eigenvalue weighted by molar-refractivity contribution is 7.81. The molecule has 0 aromatic heterocycles. The molecule has 0 rings (SSSR count). The molecule has 8 nitrogen and oxygen atoms in total. The molecule has 0 heterocycles. The van der Waals surface area contributed by atoms with Crippen LogP contribution in [0, 0.1) is 0 Å². The first kappa shape index (κ1) is 22.0. The highest BCUT2D eigenvalue weighted by Gasteiger charge is 2.02. The lowest BCUT2D eigenvalue weighted by molar-refractivity contribution is 0.261. The highest BCUT2D eigenvalue weighted by Crippen LogP contribution is 1.99. The van der Waals surface area contributed by atoms with E-state index in [0.717, 1.165) is 25.7 Å². The van der Waals surface area contributed by atoms with Crippen LogP contribution >= 0.6 is 0 Å². The molecule has 0 amide bonds. The molecule has 10 heteroatoms. The number of hydrogen-bond acceptors (Lipinski definition) is 6. The number of rotatable bonds is 10. The maximum Gasteiger partial charge on any atom is 0.397 e. The zero-order valence-corrected chi connectivity index (χ0v) is 13.5. The van der Waals surface area contributed by atoms with Crippen LogP contribution in [-0.2, 0) is 29.2 Å². The fourth-order valence-electron chi connectivity index (χ4n) is 1.00. The smallest absolute Gasteiger partial charge is 0.264 e. The SMILES string of the molecule is CCCCCCOS(=O)(=O)O.CCCCOS(=O)(=O)O. The average molecular weight is 336 g/mol. The van der Waals surface area contributed by atoms with Gasteiger partial charge in [-0.3, -0.25) is 9.11 Å². The van der Waals surface area contributed by atoms with Crippen molar-refractivity contribution in [1.82, 2.24) is 0 Å². The maximum absolute atomic E-state index is 10.00. The molecule has 0 bridgehead atoms. The normalized spacial score (nSPS) is 11.8. The van der Waals surface area contributed by atoms with Gasteiger partial charge in [0, 0.05) is 0 Å². The quantitative estimate of drug-likeness (QED) is 0.458. The minimum absolute atomic E-state index is 0.0648. The Bertz CT molecular complexity index is 401. The van der Waals surface area contributed by atoms with Gasteiger partial charge in [0.1, 0.15) is 0 Å². The van der Waals surface area contributed by atoms with Crippen LogP contribution in [0.15, 0.2) is 0 Å². The molecule has 0 fully saturated rings. The second-order valence-electron chi connectivity index (χ2n) is 3.91. The standard InChI is InChI=1S/C6H14O4S.C4H10O4S/c1-2-3-4-5-6-10-11(7,8)9;1-2-3-4-8-9(5,6)7/h2-6H2,1H3,(H,7,8,9);2-4H2,1H3,(H,5,6,7). The number of unbranched alkanes of at least 4 members (excludes halogenated alkanes) is 4. The molecular formula is C10H24O8S2. The molecule has 2 N–H and O–H groups in total. The van der Waals surface area contributed by atoms with Crippen molar-refractivity contribution in [2.24, 2.45) is 0 Å². The van der Waals surface area contributed by atoms with Gasteiger partial charge in [-0.1, -0.05) is 39.5 Å². The molecule has 0 saturated heterocycles. The van der Waals surface area contributed by atoms with Crippen LogP contribution in [0.3, 0.4) is 0 Å². The Labute approximate surface area is 121 Å². The van der Waals surface area contributed by atoms with Gasteiger partial charge in [0.2, 0.25) is 0 Å². The summed E-state index contributed by atoms with van der Waals surface area (Å²) in [5.74, 6) is 0. The Kier molecular flexibility index (Phi) is 13.7. The predicted molar refractivity (Wildman–Crippen MR) is 74.1 cm³/mol. The van der Waals surface area contributed by atoms with E-state index in [0.29, 0.717) is 12.8 Å². The van der Waals surface area contributed by atoms with Crippen LogP contribution in [0.5, 0.6) is 0 Å². The van der Waals surface area contributed by atoms with Crippen LogP contribution in [-0.4, -0.2) is 39.2 Å². The Morgan fingerprint density at radius 1 is 0.700 bits per heavy atom. The molecule has 20 heavy (non-hydrogen) atoms. The highest BCUT2D eigenvalue weighted by atomic mass is 32.3. The molecule has 0 aromatic carbocycles. The number of hydrogen-bond donors (Lipinski definition) is 2. The van der Waals surface area contributed by atoms with Crippen molar-refractivity contribution in [3.8, 4) is 0 Å². The molecule has 0 unspecified atom stereocenters. The zero-order valence-electron chi connectivity index (χ0n) is 11.8. The first-order chi connectivity index (χ1) is 9.12. The molecule has 124 valence electrons. The Hall–Kier alpha value is -0.260. The van der Waals surface area contributed by atoms with Gasteiger partial charge >= 0.3 is 20.8 Å². The van der Waals surface area contributed by atoms with Gasteiger partial charge in [0.15, 0.2) is 0 Å². The van der Waals surface area contributed by atoms with Crippen LogP contribution in [0.2, 0.25) is 0 Å². The minimum Gasteiger partial charge on any atom is -0.264 e. The van der Waals surface area contributed by atoms with Crippen LogP contribution in [0.4, 0.5) is 0 Å².